The van der Waals surface area contributed by atoms with E-state index in [1.54, 1.807) is 12.1 Å². The summed E-state index contributed by atoms with van der Waals surface area (Å²) in [4.78, 5) is 23.6. The molecule has 0 radical (unpaired) electrons. The molecule has 1 heterocycles. The topological polar surface area (TPSA) is 64.0 Å². The van der Waals surface area contributed by atoms with Crippen LogP contribution in [0, 0.1) is 5.82 Å². The van der Waals surface area contributed by atoms with Gasteiger partial charge in [-0.2, -0.15) is 5.10 Å². The van der Waals surface area contributed by atoms with E-state index in [1.807, 2.05) is 6.92 Å². The van der Waals surface area contributed by atoms with Gasteiger partial charge in [-0.3, -0.25) is 9.59 Å². The van der Waals surface area contributed by atoms with E-state index in [9.17, 15) is 14.0 Å². The zero-order chi connectivity index (χ0) is 15.9. The largest absolute Gasteiger partial charge is 0.350 e. The van der Waals surface area contributed by atoms with Gasteiger partial charge in [-0.05, 0) is 36.6 Å². The number of aryl methyl sites for hydroxylation is 1. The van der Waals surface area contributed by atoms with Crippen LogP contribution in [0.3, 0.4) is 0 Å². The van der Waals surface area contributed by atoms with E-state index in [0.29, 0.717) is 19.5 Å². The highest BCUT2D eigenvalue weighted by Gasteiger charge is 2.09. The molecule has 0 aliphatic rings. The molecule has 22 heavy (non-hydrogen) atoms. The van der Waals surface area contributed by atoms with Gasteiger partial charge in [-0.1, -0.05) is 19.1 Å². The normalized spacial score (nSPS) is 10.5. The molecule has 0 saturated carbocycles. The third-order valence-corrected chi connectivity index (χ3v) is 3.12. The van der Waals surface area contributed by atoms with Crippen LogP contribution in [-0.2, 0) is 13.0 Å². The number of carbonyl (C=O) groups excluding carboxylic acids is 1. The molecule has 0 unspecified atom stereocenters. The molecule has 116 valence electrons. The second-order valence-corrected chi connectivity index (χ2v) is 4.92. The Labute approximate surface area is 127 Å². The number of carbonyl (C=O) groups is 1. The molecule has 1 amide bonds. The van der Waals surface area contributed by atoms with Crippen LogP contribution in [0.5, 0.6) is 0 Å². The summed E-state index contributed by atoms with van der Waals surface area (Å²) in [7, 11) is 0. The van der Waals surface area contributed by atoms with Crippen LogP contribution in [0.15, 0.2) is 41.2 Å². The van der Waals surface area contributed by atoms with Gasteiger partial charge >= 0.3 is 0 Å². The van der Waals surface area contributed by atoms with Crippen LogP contribution in [0.2, 0.25) is 0 Å². The fourth-order valence-corrected chi connectivity index (χ4v) is 2.05. The summed E-state index contributed by atoms with van der Waals surface area (Å²) in [5.74, 6) is -0.640. The molecular formula is C16H18FN3O2. The highest BCUT2D eigenvalue weighted by Crippen LogP contribution is 2.03. The van der Waals surface area contributed by atoms with Gasteiger partial charge in [0.2, 0.25) is 0 Å². The quantitative estimate of drug-likeness (QED) is 0.884. The molecule has 0 aliphatic heterocycles. The summed E-state index contributed by atoms with van der Waals surface area (Å²) in [6, 6.07) is 8.99. The standard InChI is InChI=1S/C16H18FN3O2/c1-2-10-20-15(21)7-6-14(19-20)16(22)18-9-8-12-4-3-5-13(17)11-12/h3-7,11H,2,8-10H2,1H3,(H,18,22). The second kappa shape index (κ2) is 7.49. The Morgan fingerprint density at radius 1 is 1.32 bits per heavy atom. The Kier molecular flexibility index (Phi) is 5.41. The number of halogens is 1. The van der Waals surface area contributed by atoms with Crippen LogP contribution in [-0.4, -0.2) is 22.2 Å². The fraction of sp³-hybridized carbons (Fsp3) is 0.312. The van der Waals surface area contributed by atoms with Gasteiger partial charge in [0.15, 0.2) is 0 Å². The monoisotopic (exact) mass is 303 g/mol. The highest BCUT2D eigenvalue weighted by atomic mass is 19.1. The molecule has 0 bridgehead atoms. The van der Waals surface area contributed by atoms with Gasteiger partial charge in [-0.15, -0.1) is 0 Å². The molecule has 0 aliphatic carbocycles. The number of nitrogens with zero attached hydrogens (tertiary/aromatic N) is 2. The lowest BCUT2D eigenvalue weighted by atomic mass is 10.1. The van der Waals surface area contributed by atoms with Crippen molar-refractivity contribution in [2.75, 3.05) is 6.54 Å². The van der Waals surface area contributed by atoms with E-state index >= 15 is 0 Å². The van der Waals surface area contributed by atoms with Crippen molar-refractivity contribution in [3.63, 3.8) is 0 Å². The minimum absolute atomic E-state index is 0.201. The molecule has 1 aromatic heterocycles. The van der Waals surface area contributed by atoms with E-state index in [-0.39, 0.29) is 23.0 Å². The summed E-state index contributed by atoms with van der Waals surface area (Å²) >= 11 is 0. The zero-order valence-corrected chi connectivity index (χ0v) is 12.4. The van der Waals surface area contributed by atoms with Crippen molar-refractivity contribution in [2.24, 2.45) is 0 Å². The number of hydrogen-bond donors (Lipinski definition) is 1. The first-order chi connectivity index (χ1) is 10.6. The van der Waals surface area contributed by atoms with Crippen LogP contribution in [0.25, 0.3) is 0 Å². The van der Waals surface area contributed by atoms with E-state index < -0.39 is 0 Å². The Bertz CT molecular complexity index is 713. The van der Waals surface area contributed by atoms with E-state index in [0.717, 1.165) is 12.0 Å². The predicted octanol–water partition coefficient (Wildman–Crippen LogP) is 1.76. The minimum atomic E-state index is -0.346. The second-order valence-electron chi connectivity index (χ2n) is 4.92. The van der Waals surface area contributed by atoms with Crippen molar-refractivity contribution in [1.82, 2.24) is 15.1 Å². The maximum atomic E-state index is 13.0. The van der Waals surface area contributed by atoms with Gasteiger partial charge in [0, 0.05) is 19.2 Å². The number of nitrogens with one attached hydrogen (secondary N) is 1. The van der Waals surface area contributed by atoms with Crippen molar-refractivity contribution < 1.29 is 9.18 Å². The van der Waals surface area contributed by atoms with Crippen LogP contribution < -0.4 is 10.9 Å². The molecule has 0 saturated heterocycles. The molecular weight excluding hydrogens is 285 g/mol. The average Bonchev–Trinajstić information content (AvgIpc) is 2.49. The number of aromatic nitrogens is 2. The number of benzene rings is 1. The fourth-order valence-electron chi connectivity index (χ4n) is 2.05. The van der Waals surface area contributed by atoms with Crippen LogP contribution >= 0.6 is 0 Å². The lowest BCUT2D eigenvalue weighted by molar-refractivity contribution is 0.0946. The molecule has 0 atom stereocenters. The van der Waals surface area contributed by atoms with Crippen molar-refractivity contribution in [2.45, 2.75) is 26.3 Å². The van der Waals surface area contributed by atoms with Gasteiger partial charge in [0.05, 0.1) is 0 Å². The third-order valence-electron chi connectivity index (χ3n) is 3.12. The first kappa shape index (κ1) is 15.9. The molecule has 1 N–H and O–H groups in total. The van der Waals surface area contributed by atoms with Crippen molar-refractivity contribution >= 4 is 5.91 Å². The Hall–Kier alpha value is -2.50. The highest BCUT2D eigenvalue weighted by molar-refractivity contribution is 5.91. The average molecular weight is 303 g/mol. The molecule has 1 aromatic carbocycles. The summed E-state index contributed by atoms with van der Waals surface area (Å²) in [5.41, 5.74) is 0.787. The lowest BCUT2D eigenvalue weighted by Crippen LogP contribution is -2.30. The summed E-state index contributed by atoms with van der Waals surface area (Å²) < 4.78 is 14.3. The molecule has 0 spiro atoms. The van der Waals surface area contributed by atoms with Crippen LogP contribution in [0.4, 0.5) is 4.39 Å². The molecule has 0 fully saturated rings. The van der Waals surface area contributed by atoms with E-state index in [1.165, 1.54) is 28.9 Å². The Balaban J connectivity index is 1.95. The van der Waals surface area contributed by atoms with Gasteiger partial charge in [0.1, 0.15) is 11.5 Å². The lowest BCUT2D eigenvalue weighted by Gasteiger charge is -2.07. The SMILES string of the molecule is CCCn1nc(C(=O)NCCc2cccc(F)c2)ccc1=O. The Morgan fingerprint density at radius 3 is 2.86 bits per heavy atom. The first-order valence-electron chi connectivity index (χ1n) is 7.21. The van der Waals surface area contributed by atoms with Crippen molar-refractivity contribution in [3.05, 3.63) is 63.8 Å². The summed E-state index contributed by atoms with van der Waals surface area (Å²) in [5, 5.41) is 6.75. The maximum Gasteiger partial charge on any atom is 0.271 e. The first-order valence-corrected chi connectivity index (χ1v) is 7.21. The number of hydrogen-bond acceptors (Lipinski definition) is 3. The van der Waals surface area contributed by atoms with Crippen molar-refractivity contribution in [1.29, 1.82) is 0 Å². The third kappa shape index (κ3) is 4.25. The summed E-state index contributed by atoms with van der Waals surface area (Å²) in [6.07, 6.45) is 1.29. The smallest absolute Gasteiger partial charge is 0.271 e. The van der Waals surface area contributed by atoms with Crippen LogP contribution in [0.1, 0.15) is 29.4 Å². The predicted molar refractivity (Wildman–Crippen MR) is 81.2 cm³/mol. The molecule has 2 aromatic rings. The van der Waals surface area contributed by atoms with Gasteiger partial charge in [0.25, 0.3) is 11.5 Å². The zero-order valence-electron chi connectivity index (χ0n) is 12.4. The van der Waals surface area contributed by atoms with Gasteiger partial charge < -0.3 is 5.32 Å². The molecule has 6 heteroatoms. The van der Waals surface area contributed by atoms with E-state index in [2.05, 4.69) is 10.4 Å². The minimum Gasteiger partial charge on any atom is -0.350 e. The molecule has 2 rings (SSSR count). The maximum absolute atomic E-state index is 13.0. The van der Waals surface area contributed by atoms with E-state index in [4.69, 9.17) is 0 Å². The summed E-state index contributed by atoms with van der Waals surface area (Å²) in [6.45, 7) is 2.78. The Morgan fingerprint density at radius 2 is 2.14 bits per heavy atom. The van der Waals surface area contributed by atoms with Crippen molar-refractivity contribution in [3.8, 4) is 0 Å². The number of rotatable bonds is 6. The molecule has 5 nitrogen and oxygen atoms in total. The van der Waals surface area contributed by atoms with Gasteiger partial charge in [-0.25, -0.2) is 9.07 Å². The number of amides is 1.